The fraction of sp³-hybridized carbons (Fsp3) is 0.231. The maximum atomic E-state index is 5.51. The molecule has 0 atom stereocenters. The first-order chi connectivity index (χ1) is 8.88. The zero-order valence-electron chi connectivity index (χ0n) is 10.2. The maximum Gasteiger partial charge on any atom is 0.203 e. The van der Waals surface area contributed by atoms with Crippen molar-refractivity contribution in [1.29, 1.82) is 0 Å². The average molecular weight is 261 g/mol. The lowest BCUT2D eigenvalue weighted by Gasteiger charge is -2.03. The minimum absolute atomic E-state index is 0.749. The Morgan fingerprint density at radius 2 is 2.22 bits per heavy atom. The van der Waals surface area contributed by atoms with Crippen molar-refractivity contribution in [2.45, 2.75) is 13.3 Å². The van der Waals surface area contributed by atoms with E-state index in [1.807, 2.05) is 29.6 Å². The molecule has 0 unspecified atom stereocenters. The number of benzene rings is 1. The lowest BCUT2D eigenvalue weighted by Crippen LogP contribution is -1.95. The Bertz CT molecular complexity index is 479. The molecular weight excluding hydrogens is 246 g/mol. The van der Waals surface area contributed by atoms with Crippen LogP contribution in [-0.2, 0) is 0 Å². The van der Waals surface area contributed by atoms with Crippen molar-refractivity contribution < 1.29 is 4.74 Å². The molecule has 4 nitrogen and oxygen atoms in total. The number of nitrogens with one attached hydrogen (secondary N) is 1. The van der Waals surface area contributed by atoms with Gasteiger partial charge in [-0.2, -0.15) is 5.10 Å². The molecule has 18 heavy (non-hydrogen) atoms. The molecule has 0 aliphatic heterocycles. The highest BCUT2D eigenvalue weighted by Crippen LogP contribution is 2.12. The molecule has 0 aliphatic rings. The number of nitrogens with zero attached hydrogens (tertiary/aromatic N) is 2. The van der Waals surface area contributed by atoms with Gasteiger partial charge in [0.05, 0.1) is 12.8 Å². The van der Waals surface area contributed by atoms with Gasteiger partial charge in [0.25, 0.3) is 0 Å². The molecule has 2 rings (SSSR count). The molecule has 0 saturated heterocycles. The summed E-state index contributed by atoms with van der Waals surface area (Å²) < 4.78 is 5.51. The molecule has 1 aromatic carbocycles. The molecule has 0 fully saturated rings. The first-order valence-electron chi connectivity index (χ1n) is 5.80. The van der Waals surface area contributed by atoms with Crippen LogP contribution in [0, 0.1) is 0 Å². The number of thiazole rings is 1. The van der Waals surface area contributed by atoms with Gasteiger partial charge in [-0.05, 0) is 36.2 Å². The molecule has 0 saturated carbocycles. The Labute approximate surface area is 110 Å². The standard InChI is InChI=1S/C13H15N3OS/c1-2-8-17-12-5-3-11(4-6-12)10-15-16-13-14-7-9-18-13/h3-7,9-10H,2,8H2,1H3,(H,14,16)/b15-10-. The Morgan fingerprint density at radius 3 is 2.89 bits per heavy atom. The second kappa shape index (κ2) is 6.76. The van der Waals surface area contributed by atoms with Crippen molar-refractivity contribution >= 4 is 22.7 Å². The van der Waals surface area contributed by atoms with Gasteiger partial charge >= 0.3 is 0 Å². The summed E-state index contributed by atoms with van der Waals surface area (Å²) in [4.78, 5) is 4.07. The van der Waals surface area contributed by atoms with Crippen LogP contribution in [0.5, 0.6) is 5.75 Å². The van der Waals surface area contributed by atoms with E-state index in [-0.39, 0.29) is 0 Å². The first-order valence-corrected chi connectivity index (χ1v) is 6.68. The van der Waals surface area contributed by atoms with Crippen LogP contribution in [0.25, 0.3) is 0 Å². The van der Waals surface area contributed by atoms with Gasteiger partial charge in [0, 0.05) is 11.6 Å². The molecule has 5 heteroatoms. The molecule has 0 radical (unpaired) electrons. The summed E-state index contributed by atoms with van der Waals surface area (Å²) in [5.74, 6) is 0.891. The van der Waals surface area contributed by atoms with Gasteiger partial charge in [-0.25, -0.2) is 4.98 Å². The van der Waals surface area contributed by atoms with Crippen molar-refractivity contribution in [3.8, 4) is 5.75 Å². The van der Waals surface area contributed by atoms with E-state index in [0.29, 0.717) is 0 Å². The van der Waals surface area contributed by atoms with E-state index in [0.717, 1.165) is 29.5 Å². The van der Waals surface area contributed by atoms with Crippen LogP contribution in [0.15, 0.2) is 40.9 Å². The third-order valence-electron chi connectivity index (χ3n) is 2.16. The Morgan fingerprint density at radius 1 is 1.39 bits per heavy atom. The van der Waals surface area contributed by atoms with Crippen LogP contribution in [-0.4, -0.2) is 17.8 Å². The number of aromatic nitrogens is 1. The maximum absolute atomic E-state index is 5.51. The van der Waals surface area contributed by atoms with Crippen LogP contribution < -0.4 is 10.2 Å². The molecule has 2 aromatic rings. The van der Waals surface area contributed by atoms with Crippen LogP contribution >= 0.6 is 11.3 Å². The monoisotopic (exact) mass is 261 g/mol. The summed E-state index contributed by atoms with van der Waals surface area (Å²) in [6.45, 7) is 2.84. The summed E-state index contributed by atoms with van der Waals surface area (Å²) in [5, 5.41) is 6.79. The largest absolute Gasteiger partial charge is 0.494 e. The van der Waals surface area contributed by atoms with Crippen molar-refractivity contribution in [2.24, 2.45) is 5.10 Å². The minimum atomic E-state index is 0.749. The van der Waals surface area contributed by atoms with Crippen LogP contribution in [0.2, 0.25) is 0 Å². The number of hydrogen-bond donors (Lipinski definition) is 1. The fourth-order valence-corrected chi connectivity index (χ4v) is 1.79. The van der Waals surface area contributed by atoms with E-state index in [1.54, 1.807) is 12.4 Å². The molecular formula is C13H15N3OS. The van der Waals surface area contributed by atoms with Crippen LogP contribution in [0.3, 0.4) is 0 Å². The Hall–Kier alpha value is -1.88. The highest BCUT2D eigenvalue weighted by Gasteiger charge is 1.93. The number of hydrogen-bond acceptors (Lipinski definition) is 5. The van der Waals surface area contributed by atoms with Gasteiger partial charge in [-0.1, -0.05) is 6.92 Å². The third-order valence-corrected chi connectivity index (χ3v) is 2.84. The summed E-state index contributed by atoms with van der Waals surface area (Å²) in [6.07, 6.45) is 4.51. The van der Waals surface area contributed by atoms with Gasteiger partial charge < -0.3 is 4.74 Å². The molecule has 1 heterocycles. The molecule has 94 valence electrons. The molecule has 0 aliphatic carbocycles. The van der Waals surface area contributed by atoms with Crippen LogP contribution in [0.1, 0.15) is 18.9 Å². The number of rotatable bonds is 6. The lowest BCUT2D eigenvalue weighted by atomic mass is 10.2. The van der Waals surface area contributed by atoms with E-state index in [9.17, 15) is 0 Å². The Kier molecular flexibility index (Phi) is 4.72. The summed E-state index contributed by atoms with van der Waals surface area (Å²) in [6, 6.07) is 7.83. The number of anilines is 1. The highest BCUT2D eigenvalue weighted by atomic mass is 32.1. The summed E-state index contributed by atoms with van der Waals surface area (Å²) in [7, 11) is 0. The van der Waals surface area contributed by atoms with Crippen molar-refractivity contribution in [1.82, 2.24) is 4.98 Å². The summed E-state index contributed by atoms with van der Waals surface area (Å²) >= 11 is 1.51. The molecule has 1 aromatic heterocycles. The zero-order valence-corrected chi connectivity index (χ0v) is 11.0. The van der Waals surface area contributed by atoms with Gasteiger partial charge in [-0.15, -0.1) is 11.3 Å². The second-order valence-electron chi connectivity index (χ2n) is 3.62. The molecule has 0 spiro atoms. The second-order valence-corrected chi connectivity index (χ2v) is 4.52. The van der Waals surface area contributed by atoms with Gasteiger partial charge in [0.1, 0.15) is 5.75 Å². The van der Waals surface area contributed by atoms with E-state index < -0.39 is 0 Å². The van der Waals surface area contributed by atoms with E-state index in [1.165, 1.54) is 11.3 Å². The van der Waals surface area contributed by atoms with Crippen molar-refractivity contribution in [3.63, 3.8) is 0 Å². The minimum Gasteiger partial charge on any atom is -0.494 e. The summed E-state index contributed by atoms with van der Waals surface area (Å²) in [5.41, 5.74) is 3.88. The predicted molar refractivity (Wildman–Crippen MR) is 75.6 cm³/mol. The Balaban J connectivity index is 1.87. The predicted octanol–water partition coefficient (Wildman–Crippen LogP) is 3.38. The lowest BCUT2D eigenvalue weighted by molar-refractivity contribution is 0.317. The first kappa shape index (κ1) is 12.6. The quantitative estimate of drug-likeness (QED) is 0.640. The van der Waals surface area contributed by atoms with Crippen molar-refractivity contribution in [3.05, 3.63) is 41.4 Å². The van der Waals surface area contributed by atoms with Crippen molar-refractivity contribution in [2.75, 3.05) is 12.0 Å². The van der Waals surface area contributed by atoms with E-state index in [2.05, 4.69) is 22.4 Å². The van der Waals surface area contributed by atoms with E-state index in [4.69, 9.17) is 4.74 Å². The fourth-order valence-electron chi connectivity index (χ4n) is 1.31. The zero-order chi connectivity index (χ0) is 12.6. The third kappa shape index (κ3) is 3.85. The number of hydrazone groups is 1. The van der Waals surface area contributed by atoms with Gasteiger partial charge in [0.2, 0.25) is 5.13 Å². The number of ether oxygens (including phenoxy) is 1. The average Bonchev–Trinajstić information content (AvgIpc) is 2.91. The van der Waals surface area contributed by atoms with Crippen LogP contribution in [0.4, 0.5) is 5.13 Å². The molecule has 0 amide bonds. The van der Waals surface area contributed by atoms with Gasteiger partial charge in [0.15, 0.2) is 0 Å². The van der Waals surface area contributed by atoms with Gasteiger partial charge in [-0.3, -0.25) is 5.43 Å². The highest BCUT2D eigenvalue weighted by molar-refractivity contribution is 7.13. The smallest absolute Gasteiger partial charge is 0.203 e. The topological polar surface area (TPSA) is 46.5 Å². The SMILES string of the molecule is CCCOc1ccc(/C=N\Nc2nccs2)cc1. The van der Waals surface area contributed by atoms with E-state index >= 15 is 0 Å². The molecule has 1 N–H and O–H groups in total. The normalized spacial score (nSPS) is 10.7. The molecule has 0 bridgehead atoms.